The van der Waals surface area contributed by atoms with Gasteiger partial charge < -0.3 is 10.4 Å². The maximum atomic E-state index is 10.7. The van der Waals surface area contributed by atoms with Gasteiger partial charge in [-0.05, 0) is 26.0 Å². The molecule has 0 radical (unpaired) electrons. The summed E-state index contributed by atoms with van der Waals surface area (Å²) in [6, 6.07) is 9.95. The predicted molar refractivity (Wildman–Crippen MR) is 63.8 cm³/mol. The topological polar surface area (TPSA) is 32.3 Å². The van der Waals surface area contributed by atoms with Gasteiger partial charge in [-0.25, -0.2) is 0 Å². The lowest BCUT2D eigenvalue weighted by atomic mass is 9.83. The van der Waals surface area contributed by atoms with Crippen LogP contribution in [0.1, 0.15) is 32.3 Å². The van der Waals surface area contributed by atoms with Crippen molar-refractivity contribution in [2.24, 2.45) is 0 Å². The van der Waals surface area contributed by atoms with Crippen LogP contribution >= 0.6 is 0 Å². The van der Waals surface area contributed by atoms with E-state index in [1.54, 1.807) is 0 Å². The molecule has 0 aliphatic heterocycles. The van der Waals surface area contributed by atoms with Crippen LogP contribution in [0.2, 0.25) is 0 Å². The van der Waals surface area contributed by atoms with Gasteiger partial charge >= 0.3 is 0 Å². The third-order valence-electron chi connectivity index (χ3n) is 3.05. The highest BCUT2D eigenvalue weighted by Gasteiger charge is 2.33. The largest absolute Gasteiger partial charge is 0.384 e. The molecule has 2 unspecified atom stereocenters. The van der Waals surface area contributed by atoms with Crippen LogP contribution in [-0.2, 0) is 5.60 Å². The zero-order valence-corrected chi connectivity index (χ0v) is 9.83. The van der Waals surface area contributed by atoms with Crippen molar-refractivity contribution in [2.45, 2.75) is 38.3 Å². The van der Waals surface area contributed by atoms with E-state index in [4.69, 9.17) is 0 Å². The Bertz CT molecular complexity index is 286. The summed E-state index contributed by atoms with van der Waals surface area (Å²) in [6.07, 6.45) is 1.75. The molecule has 0 spiro atoms. The Hall–Kier alpha value is -0.860. The first-order valence-corrected chi connectivity index (χ1v) is 5.60. The lowest BCUT2D eigenvalue weighted by Crippen LogP contribution is -2.45. The minimum absolute atomic E-state index is 0.0554. The predicted octanol–water partition coefficient (Wildman–Crippen LogP) is 2.28. The van der Waals surface area contributed by atoms with E-state index in [1.165, 1.54) is 0 Å². The van der Waals surface area contributed by atoms with Crippen LogP contribution in [0.5, 0.6) is 0 Å². The van der Waals surface area contributed by atoms with Crippen molar-refractivity contribution < 1.29 is 5.11 Å². The van der Waals surface area contributed by atoms with Crippen molar-refractivity contribution in [3.63, 3.8) is 0 Å². The van der Waals surface area contributed by atoms with Crippen molar-refractivity contribution in [3.05, 3.63) is 35.9 Å². The minimum Gasteiger partial charge on any atom is -0.384 e. The van der Waals surface area contributed by atoms with Gasteiger partial charge in [0.2, 0.25) is 0 Å². The average Bonchev–Trinajstić information content (AvgIpc) is 2.29. The fourth-order valence-electron chi connectivity index (χ4n) is 1.96. The molecule has 0 heterocycles. The first-order chi connectivity index (χ1) is 7.15. The van der Waals surface area contributed by atoms with Gasteiger partial charge in [-0.1, -0.05) is 43.7 Å². The molecular formula is C13H21NO. The fourth-order valence-corrected chi connectivity index (χ4v) is 1.96. The van der Waals surface area contributed by atoms with E-state index >= 15 is 0 Å². The Morgan fingerprint density at radius 2 is 1.93 bits per heavy atom. The molecule has 1 aromatic carbocycles. The molecule has 1 rings (SSSR count). The Morgan fingerprint density at radius 1 is 1.33 bits per heavy atom. The fraction of sp³-hybridized carbons (Fsp3) is 0.538. The van der Waals surface area contributed by atoms with Crippen LogP contribution < -0.4 is 5.32 Å². The van der Waals surface area contributed by atoms with Crippen LogP contribution in [0.15, 0.2) is 30.3 Å². The van der Waals surface area contributed by atoms with E-state index in [0.717, 1.165) is 18.4 Å². The summed E-state index contributed by atoms with van der Waals surface area (Å²) in [5.74, 6) is 0. The van der Waals surface area contributed by atoms with Gasteiger partial charge in [0.15, 0.2) is 0 Å². The second-order valence-corrected chi connectivity index (χ2v) is 4.05. The summed E-state index contributed by atoms with van der Waals surface area (Å²) in [7, 11) is 1.88. The third kappa shape index (κ3) is 2.58. The van der Waals surface area contributed by atoms with E-state index in [2.05, 4.69) is 12.2 Å². The minimum atomic E-state index is -0.759. The van der Waals surface area contributed by atoms with Gasteiger partial charge in [0, 0.05) is 6.04 Å². The molecule has 0 saturated carbocycles. The average molecular weight is 207 g/mol. The molecule has 0 bridgehead atoms. The molecule has 2 heteroatoms. The number of rotatable bonds is 5. The maximum absolute atomic E-state index is 10.7. The smallest absolute Gasteiger partial charge is 0.105 e. The first-order valence-electron chi connectivity index (χ1n) is 5.60. The van der Waals surface area contributed by atoms with Crippen LogP contribution in [0.4, 0.5) is 0 Å². The van der Waals surface area contributed by atoms with Crippen LogP contribution in [0.3, 0.4) is 0 Å². The van der Waals surface area contributed by atoms with Crippen molar-refractivity contribution in [3.8, 4) is 0 Å². The number of hydrogen-bond acceptors (Lipinski definition) is 2. The number of benzene rings is 1. The second-order valence-electron chi connectivity index (χ2n) is 4.05. The molecule has 0 aliphatic carbocycles. The molecular weight excluding hydrogens is 186 g/mol. The summed E-state index contributed by atoms with van der Waals surface area (Å²) in [6.45, 7) is 4.11. The normalized spacial score (nSPS) is 17.1. The van der Waals surface area contributed by atoms with Crippen molar-refractivity contribution in [1.29, 1.82) is 0 Å². The van der Waals surface area contributed by atoms with E-state index in [-0.39, 0.29) is 6.04 Å². The van der Waals surface area contributed by atoms with Crippen LogP contribution in [-0.4, -0.2) is 18.2 Å². The van der Waals surface area contributed by atoms with Crippen LogP contribution in [0.25, 0.3) is 0 Å². The van der Waals surface area contributed by atoms with Crippen molar-refractivity contribution in [1.82, 2.24) is 5.32 Å². The SMILES string of the molecule is CCCC(O)(c1ccccc1)C(C)NC. The highest BCUT2D eigenvalue weighted by molar-refractivity contribution is 5.24. The van der Waals surface area contributed by atoms with E-state index in [0.29, 0.717) is 0 Å². The summed E-state index contributed by atoms with van der Waals surface area (Å²) in [5.41, 5.74) is 0.235. The summed E-state index contributed by atoms with van der Waals surface area (Å²) in [4.78, 5) is 0. The Kier molecular flexibility index (Phi) is 4.30. The van der Waals surface area contributed by atoms with Gasteiger partial charge in [0.05, 0.1) is 0 Å². The summed E-state index contributed by atoms with van der Waals surface area (Å²) in [5, 5.41) is 13.8. The van der Waals surface area contributed by atoms with E-state index in [9.17, 15) is 5.11 Å². The zero-order valence-electron chi connectivity index (χ0n) is 9.83. The maximum Gasteiger partial charge on any atom is 0.105 e. The molecule has 0 aliphatic rings. The molecule has 15 heavy (non-hydrogen) atoms. The monoisotopic (exact) mass is 207 g/mol. The molecule has 0 fully saturated rings. The molecule has 2 atom stereocenters. The molecule has 1 aromatic rings. The van der Waals surface area contributed by atoms with E-state index < -0.39 is 5.60 Å². The Labute approximate surface area is 92.3 Å². The van der Waals surface area contributed by atoms with Crippen molar-refractivity contribution in [2.75, 3.05) is 7.05 Å². The number of hydrogen-bond donors (Lipinski definition) is 2. The summed E-state index contributed by atoms with van der Waals surface area (Å²) >= 11 is 0. The molecule has 0 amide bonds. The highest BCUT2D eigenvalue weighted by Crippen LogP contribution is 2.29. The number of nitrogens with one attached hydrogen (secondary N) is 1. The standard InChI is InChI=1S/C13H21NO/c1-4-10-13(15,11(2)14-3)12-8-6-5-7-9-12/h5-9,11,14-15H,4,10H2,1-3H3. The van der Waals surface area contributed by atoms with Crippen molar-refractivity contribution >= 4 is 0 Å². The molecule has 2 nitrogen and oxygen atoms in total. The number of aliphatic hydroxyl groups is 1. The Balaban J connectivity index is 3.01. The lowest BCUT2D eigenvalue weighted by molar-refractivity contribution is -0.00416. The lowest BCUT2D eigenvalue weighted by Gasteiger charge is -2.34. The Morgan fingerprint density at radius 3 is 2.40 bits per heavy atom. The van der Waals surface area contributed by atoms with Gasteiger partial charge in [-0.15, -0.1) is 0 Å². The van der Waals surface area contributed by atoms with E-state index in [1.807, 2.05) is 44.3 Å². The van der Waals surface area contributed by atoms with Gasteiger partial charge in [0.1, 0.15) is 5.60 Å². The highest BCUT2D eigenvalue weighted by atomic mass is 16.3. The van der Waals surface area contributed by atoms with Crippen LogP contribution in [0, 0.1) is 0 Å². The molecule has 84 valence electrons. The van der Waals surface area contributed by atoms with Gasteiger partial charge in [0.25, 0.3) is 0 Å². The third-order valence-corrected chi connectivity index (χ3v) is 3.05. The molecule has 2 N–H and O–H groups in total. The molecule has 0 aromatic heterocycles. The first kappa shape index (κ1) is 12.2. The second kappa shape index (κ2) is 5.29. The quantitative estimate of drug-likeness (QED) is 0.776. The van der Waals surface area contributed by atoms with Gasteiger partial charge in [-0.2, -0.15) is 0 Å². The molecule has 0 saturated heterocycles. The summed E-state index contributed by atoms with van der Waals surface area (Å²) < 4.78 is 0. The van der Waals surface area contributed by atoms with Gasteiger partial charge in [-0.3, -0.25) is 0 Å². The number of likely N-dealkylation sites (N-methyl/N-ethyl adjacent to an activating group) is 1. The zero-order chi connectivity index (χ0) is 11.3.